The normalized spacial score (nSPS) is 19.9. The molecule has 0 N–H and O–H groups in total. The Bertz CT molecular complexity index is 797. The predicted molar refractivity (Wildman–Crippen MR) is 82.2 cm³/mol. The topological polar surface area (TPSA) is 90.2 Å². The highest BCUT2D eigenvalue weighted by atomic mass is 32.2. The van der Waals surface area contributed by atoms with Gasteiger partial charge in [-0.15, -0.1) is 0 Å². The van der Waals surface area contributed by atoms with Gasteiger partial charge >= 0.3 is 0 Å². The molecule has 8 nitrogen and oxygen atoms in total. The van der Waals surface area contributed by atoms with Crippen LogP contribution in [0.4, 0.5) is 0 Å². The first-order valence-electron chi connectivity index (χ1n) is 7.28. The Morgan fingerprint density at radius 2 is 2.09 bits per heavy atom. The van der Waals surface area contributed by atoms with E-state index < -0.39 is 16.1 Å². The van der Waals surface area contributed by atoms with E-state index in [9.17, 15) is 8.42 Å². The van der Waals surface area contributed by atoms with Gasteiger partial charge in [0.15, 0.2) is 5.03 Å². The average Bonchev–Trinajstić information content (AvgIpc) is 2.94. The van der Waals surface area contributed by atoms with Crippen molar-refractivity contribution in [2.75, 3.05) is 19.7 Å². The lowest BCUT2D eigenvalue weighted by molar-refractivity contribution is -0.00519. The third kappa shape index (κ3) is 3.26. The van der Waals surface area contributed by atoms with Crippen molar-refractivity contribution >= 4 is 10.0 Å². The molecule has 0 radical (unpaired) electrons. The molecule has 1 unspecified atom stereocenters. The zero-order valence-electron chi connectivity index (χ0n) is 13.3. The van der Waals surface area contributed by atoms with Crippen LogP contribution in [0.15, 0.2) is 23.6 Å². The Morgan fingerprint density at radius 1 is 1.30 bits per heavy atom. The smallest absolute Gasteiger partial charge is 0.262 e. The number of aromatic nitrogens is 4. The van der Waals surface area contributed by atoms with Gasteiger partial charge < -0.3 is 9.30 Å². The summed E-state index contributed by atoms with van der Waals surface area (Å²) >= 11 is 0. The molecule has 2 aromatic heterocycles. The van der Waals surface area contributed by atoms with Crippen molar-refractivity contribution in [2.24, 2.45) is 7.05 Å². The second-order valence-electron chi connectivity index (χ2n) is 5.58. The molecule has 0 bridgehead atoms. The number of sulfonamides is 1. The molecule has 0 aliphatic carbocycles. The van der Waals surface area contributed by atoms with Crippen LogP contribution in [-0.4, -0.2) is 51.9 Å². The number of hydrogen-bond donors (Lipinski definition) is 0. The predicted octanol–water partition coefficient (Wildman–Crippen LogP) is 0.589. The molecule has 23 heavy (non-hydrogen) atoms. The highest BCUT2D eigenvalue weighted by Gasteiger charge is 2.33. The van der Waals surface area contributed by atoms with Crippen LogP contribution in [0.2, 0.25) is 0 Å². The second-order valence-corrected chi connectivity index (χ2v) is 7.47. The van der Waals surface area contributed by atoms with Crippen molar-refractivity contribution in [1.29, 1.82) is 0 Å². The van der Waals surface area contributed by atoms with Crippen LogP contribution in [0.5, 0.6) is 0 Å². The number of nitrogens with zero attached hydrogens (tertiary/aromatic N) is 5. The van der Waals surface area contributed by atoms with Gasteiger partial charge in [0.2, 0.25) is 0 Å². The van der Waals surface area contributed by atoms with Crippen LogP contribution in [0.1, 0.15) is 23.3 Å². The molecular weight excluding hydrogens is 318 g/mol. The lowest BCUT2D eigenvalue weighted by atomic mass is 10.2. The molecule has 0 spiro atoms. The van der Waals surface area contributed by atoms with Gasteiger partial charge in [0, 0.05) is 32.0 Å². The maximum atomic E-state index is 12.7. The van der Waals surface area contributed by atoms with E-state index >= 15 is 0 Å². The van der Waals surface area contributed by atoms with Crippen LogP contribution in [0.25, 0.3) is 0 Å². The summed E-state index contributed by atoms with van der Waals surface area (Å²) in [6.45, 7) is 4.53. The van der Waals surface area contributed by atoms with Gasteiger partial charge in [-0.25, -0.2) is 23.4 Å². The van der Waals surface area contributed by atoms with Gasteiger partial charge in [-0.3, -0.25) is 0 Å². The average molecular weight is 337 g/mol. The van der Waals surface area contributed by atoms with Gasteiger partial charge in [0.05, 0.1) is 18.6 Å². The quantitative estimate of drug-likeness (QED) is 0.814. The van der Waals surface area contributed by atoms with E-state index in [-0.39, 0.29) is 11.6 Å². The third-order valence-electron chi connectivity index (χ3n) is 3.63. The Kier molecular flexibility index (Phi) is 4.17. The van der Waals surface area contributed by atoms with Crippen molar-refractivity contribution in [3.05, 3.63) is 35.8 Å². The van der Waals surface area contributed by atoms with E-state index in [2.05, 4.69) is 15.0 Å². The lowest BCUT2D eigenvalue weighted by Gasteiger charge is -2.31. The minimum atomic E-state index is -3.62. The Balaban J connectivity index is 1.86. The molecule has 0 amide bonds. The minimum Gasteiger partial charge on any atom is -0.369 e. The van der Waals surface area contributed by atoms with E-state index in [4.69, 9.17) is 4.74 Å². The highest BCUT2D eigenvalue weighted by Crippen LogP contribution is 2.25. The molecule has 0 saturated carbocycles. The number of morpholine rings is 1. The monoisotopic (exact) mass is 337 g/mol. The third-order valence-corrected chi connectivity index (χ3v) is 5.38. The van der Waals surface area contributed by atoms with Crippen molar-refractivity contribution in [3.63, 3.8) is 0 Å². The summed E-state index contributed by atoms with van der Waals surface area (Å²) in [6, 6.07) is 1.83. The van der Waals surface area contributed by atoms with Crippen LogP contribution in [0.3, 0.4) is 0 Å². The summed E-state index contributed by atoms with van der Waals surface area (Å²) in [5, 5.41) is 0.0516. The van der Waals surface area contributed by atoms with Crippen LogP contribution in [-0.2, 0) is 21.8 Å². The summed E-state index contributed by atoms with van der Waals surface area (Å²) in [4.78, 5) is 12.6. The molecular formula is C14H19N5O3S. The van der Waals surface area contributed by atoms with Crippen molar-refractivity contribution in [1.82, 2.24) is 23.8 Å². The molecule has 1 aliphatic heterocycles. The van der Waals surface area contributed by atoms with Crippen LogP contribution >= 0.6 is 0 Å². The van der Waals surface area contributed by atoms with Crippen molar-refractivity contribution < 1.29 is 13.2 Å². The maximum Gasteiger partial charge on any atom is 0.262 e. The lowest BCUT2D eigenvalue weighted by Crippen LogP contribution is -2.42. The number of imidazole rings is 1. The van der Waals surface area contributed by atoms with Gasteiger partial charge in [0.25, 0.3) is 10.0 Å². The van der Waals surface area contributed by atoms with E-state index in [1.54, 1.807) is 11.6 Å². The molecule has 124 valence electrons. The summed E-state index contributed by atoms with van der Waals surface area (Å²) in [5.74, 6) is 0.647. The van der Waals surface area contributed by atoms with Crippen LogP contribution < -0.4 is 0 Å². The summed E-state index contributed by atoms with van der Waals surface area (Å²) < 4.78 is 34.1. The van der Waals surface area contributed by atoms with Gasteiger partial charge in [-0.05, 0) is 19.9 Å². The zero-order valence-corrected chi connectivity index (χ0v) is 14.1. The van der Waals surface area contributed by atoms with E-state index in [0.717, 1.165) is 5.69 Å². The number of rotatable bonds is 3. The summed E-state index contributed by atoms with van der Waals surface area (Å²) in [7, 11) is -1.89. The van der Waals surface area contributed by atoms with Gasteiger partial charge in [-0.1, -0.05) is 0 Å². The number of hydrogen-bond acceptors (Lipinski definition) is 6. The minimum absolute atomic E-state index is 0.0516. The summed E-state index contributed by atoms with van der Waals surface area (Å²) in [5.41, 5.74) is 1.54. The summed E-state index contributed by atoms with van der Waals surface area (Å²) in [6.07, 6.45) is 2.57. The van der Waals surface area contributed by atoms with Gasteiger partial charge in [-0.2, -0.15) is 4.31 Å². The van der Waals surface area contributed by atoms with Crippen molar-refractivity contribution in [2.45, 2.75) is 25.0 Å². The fraction of sp³-hybridized carbons (Fsp3) is 0.500. The molecule has 2 aromatic rings. The molecule has 0 aromatic carbocycles. The molecule has 9 heteroatoms. The fourth-order valence-corrected chi connectivity index (χ4v) is 3.98. The van der Waals surface area contributed by atoms with Crippen LogP contribution in [0, 0.1) is 13.8 Å². The van der Waals surface area contributed by atoms with Crippen molar-refractivity contribution in [3.8, 4) is 0 Å². The fourth-order valence-electron chi connectivity index (χ4n) is 2.59. The molecule has 3 rings (SSSR count). The van der Waals surface area contributed by atoms with E-state index in [1.165, 1.54) is 16.8 Å². The number of aryl methyl sites for hydroxylation is 3. The van der Waals surface area contributed by atoms with E-state index in [1.807, 2.05) is 19.9 Å². The first-order valence-corrected chi connectivity index (χ1v) is 8.72. The van der Waals surface area contributed by atoms with Gasteiger partial charge in [0.1, 0.15) is 11.9 Å². The largest absolute Gasteiger partial charge is 0.369 e. The first-order chi connectivity index (χ1) is 10.9. The standard InChI is InChI=1S/C14H19N5O3S/c1-10-6-12(17-11(2)16-10)13-7-19(4-5-22-13)23(20,21)14-8-18(3)9-15-14/h6,8-9,13H,4-5,7H2,1-3H3. The Hall–Kier alpha value is -1.84. The number of ether oxygens (including phenoxy) is 1. The van der Waals surface area contributed by atoms with E-state index in [0.29, 0.717) is 24.7 Å². The zero-order chi connectivity index (χ0) is 16.6. The molecule has 3 heterocycles. The molecule has 1 saturated heterocycles. The molecule has 1 fully saturated rings. The molecule has 1 atom stereocenters. The molecule has 1 aliphatic rings. The highest BCUT2D eigenvalue weighted by molar-refractivity contribution is 7.89. The Morgan fingerprint density at radius 3 is 2.74 bits per heavy atom. The Labute approximate surface area is 135 Å². The SMILES string of the molecule is Cc1cc(C2CN(S(=O)(=O)c3cn(C)cn3)CCO2)nc(C)n1. The first kappa shape index (κ1) is 16.0. The maximum absolute atomic E-state index is 12.7. The second kappa shape index (κ2) is 5.99.